The van der Waals surface area contributed by atoms with E-state index in [-0.39, 0.29) is 0 Å². The molecule has 0 unspecified atom stereocenters. The lowest BCUT2D eigenvalue weighted by Crippen LogP contribution is -1.79. The van der Waals surface area contributed by atoms with Crippen molar-refractivity contribution in [1.29, 1.82) is 5.26 Å². The standard InChI is InChI=1S/C11H10BrN/c1-9-8-11(12)6-5-10(9)4-2-3-7-13/h2,4-6,8H,3H2,1H3. The summed E-state index contributed by atoms with van der Waals surface area (Å²) in [7, 11) is 0. The molecule has 0 atom stereocenters. The van der Waals surface area contributed by atoms with Crippen LogP contribution in [0.1, 0.15) is 17.5 Å². The molecular formula is C11H10BrN. The smallest absolute Gasteiger partial charge is 0.0663 e. The van der Waals surface area contributed by atoms with Gasteiger partial charge in [-0.2, -0.15) is 5.26 Å². The molecule has 0 radical (unpaired) electrons. The van der Waals surface area contributed by atoms with E-state index in [1.807, 2.05) is 24.3 Å². The highest BCUT2D eigenvalue weighted by atomic mass is 79.9. The Balaban J connectivity index is 2.85. The van der Waals surface area contributed by atoms with Crippen molar-refractivity contribution >= 4 is 22.0 Å². The van der Waals surface area contributed by atoms with E-state index in [1.54, 1.807) is 0 Å². The second-order valence-corrected chi connectivity index (χ2v) is 3.68. The number of nitrogens with zero attached hydrogens (tertiary/aromatic N) is 1. The van der Waals surface area contributed by atoms with Crippen LogP contribution in [0.5, 0.6) is 0 Å². The van der Waals surface area contributed by atoms with E-state index in [9.17, 15) is 0 Å². The van der Waals surface area contributed by atoms with Gasteiger partial charge in [0.2, 0.25) is 0 Å². The minimum absolute atomic E-state index is 0.468. The molecule has 0 aliphatic rings. The van der Waals surface area contributed by atoms with Crippen molar-refractivity contribution < 1.29 is 0 Å². The maximum Gasteiger partial charge on any atom is 0.0663 e. The quantitative estimate of drug-likeness (QED) is 0.768. The van der Waals surface area contributed by atoms with Crippen molar-refractivity contribution in [2.75, 3.05) is 0 Å². The summed E-state index contributed by atoms with van der Waals surface area (Å²) in [5, 5.41) is 8.35. The van der Waals surface area contributed by atoms with Gasteiger partial charge in [-0.25, -0.2) is 0 Å². The van der Waals surface area contributed by atoms with Crippen molar-refractivity contribution in [2.24, 2.45) is 0 Å². The highest BCUT2D eigenvalue weighted by Crippen LogP contribution is 2.16. The summed E-state index contributed by atoms with van der Waals surface area (Å²) in [6.45, 7) is 2.05. The van der Waals surface area contributed by atoms with E-state index in [1.165, 1.54) is 11.1 Å². The van der Waals surface area contributed by atoms with E-state index < -0.39 is 0 Å². The van der Waals surface area contributed by atoms with E-state index in [2.05, 4.69) is 35.0 Å². The average Bonchev–Trinajstić information content (AvgIpc) is 2.09. The molecular weight excluding hydrogens is 226 g/mol. The molecule has 1 aromatic carbocycles. The zero-order valence-corrected chi connectivity index (χ0v) is 9.01. The SMILES string of the molecule is Cc1cc(Br)ccc1C=CCC#N. The van der Waals surface area contributed by atoms with Crippen LogP contribution in [0.4, 0.5) is 0 Å². The van der Waals surface area contributed by atoms with Gasteiger partial charge in [0.05, 0.1) is 12.5 Å². The Bertz CT molecular complexity index is 361. The molecule has 0 aliphatic carbocycles. The van der Waals surface area contributed by atoms with Crippen LogP contribution >= 0.6 is 15.9 Å². The molecule has 0 saturated carbocycles. The van der Waals surface area contributed by atoms with Gasteiger partial charge in [-0.3, -0.25) is 0 Å². The molecule has 0 saturated heterocycles. The predicted molar refractivity (Wildman–Crippen MR) is 58.1 cm³/mol. The first-order valence-electron chi connectivity index (χ1n) is 4.03. The lowest BCUT2D eigenvalue weighted by Gasteiger charge is -1.99. The van der Waals surface area contributed by atoms with Gasteiger partial charge in [-0.05, 0) is 30.2 Å². The van der Waals surface area contributed by atoms with Crippen molar-refractivity contribution in [1.82, 2.24) is 0 Å². The fourth-order valence-corrected chi connectivity index (χ4v) is 1.54. The Morgan fingerprint density at radius 1 is 1.54 bits per heavy atom. The largest absolute Gasteiger partial charge is 0.198 e. The normalized spacial score (nSPS) is 10.2. The summed E-state index contributed by atoms with van der Waals surface area (Å²) >= 11 is 3.40. The molecule has 0 bridgehead atoms. The third-order valence-electron chi connectivity index (χ3n) is 1.74. The van der Waals surface area contributed by atoms with E-state index >= 15 is 0 Å². The van der Waals surface area contributed by atoms with Gasteiger partial charge in [0.25, 0.3) is 0 Å². The Kier molecular flexibility index (Phi) is 3.72. The Morgan fingerprint density at radius 2 is 2.31 bits per heavy atom. The van der Waals surface area contributed by atoms with Crippen LogP contribution < -0.4 is 0 Å². The van der Waals surface area contributed by atoms with Gasteiger partial charge in [0.15, 0.2) is 0 Å². The van der Waals surface area contributed by atoms with Gasteiger partial charge in [-0.1, -0.05) is 34.1 Å². The summed E-state index contributed by atoms with van der Waals surface area (Å²) in [6.07, 6.45) is 4.32. The van der Waals surface area contributed by atoms with Gasteiger partial charge in [0.1, 0.15) is 0 Å². The molecule has 0 aliphatic heterocycles. The summed E-state index contributed by atoms with van der Waals surface area (Å²) < 4.78 is 1.09. The van der Waals surface area contributed by atoms with Crippen molar-refractivity contribution in [2.45, 2.75) is 13.3 Å². The van der Waals surface area contributed by atoms with E-state index in [0.29, 0.717) is 6.42 Å². The maximum absolute atomic E-state index is 8.35. The number of nitriles is 1. The van der Waals surface area contributed by atoms with Crippen LogP contribution in [-0.2, 0) is 0 Å². The number of hydrogen-bond donors (Lipinski definition) is 0. The number of rotatable bonds is 2. The first kappa shape index (κ1) is 10.0. The molecule has 66 valence electrons. The van der Waals surface area contributed by atoms with E-state index in [0.717, 1.165) is 4.47 Å². The van der Waals surface area contributed by atoms with Crippen molar-refractivity contribution in [3.8, 4) is 6.07 Å². The van der Waals surface area contributed by atoms with Crippen LogP contribution in [0.2, 0.25) is 0 Å². The summed E-state index contributed by atoms with van der Waals surface area (Å²) in [5.41, 5.74) is 2.38. The molecule has 0 N–H and O–H groups in total. The van der Waals surface area contributed by atoms with Crippen molar-refractivity contribution in [3.05, 3.63) is 39.9 Å². The van der Waals surface area contributed by atoms with Crippen LogP contribution in [0.15, 0.2) is 28.7 Å². The Hall–Kier alpha value is -1.07. The third kappa shape index (κ3) is 3.04. The molecule has 0 amide bonds. The van der Waals surface area contributed by atoms with Crippen LogP contribution in [0, 0.1) is 18.3 Å². The number of allylic oxidation sites excluding steroid dienone is 1. The molecule has 0 fully saturated rings. The fourth-order valence-electron chi connectivity index (χ4n) is 1.06. The lowest BCUT2D eigenvalue weighted by atomic mass is 10.1. The topological polar surface area (TPSA) is 23.8 Å². The van der Waals surface area contributed by atoms with Gasteiger partial charge in [-0.15, -0.1) is 0 Å². The molecule has 2 heteroatoms. The first-order chi connectivity index (χ1) is 6.24. The number of halogens is 1. The lowest BCUT2D eigenvalue weighted by molar-refractivity contribution is 1.35. The predicted octanol–water partition coefficient (Wildman–Crippen LogP) is 3.68. The zero-order valence-electron chi connectivity index (χ0n) is 7.42. The Labute approximate surface area is 86.8 Å². The van der Waals surface area contributed by atoms with Crippen LogP contribution in [0.25, 0.3) is 6.08 Å². The second-order valence-electron chi connectivity index (χ2n) is 2.77. The molecule has 1 rings (SSSR count). The number of benzene rings is 1. The van der Waals surface area contributed by atoms with E-state index in [4.69, 9.17) is 5.26 Å². The van der Waals surface area contributed by atoms with Gasteiger partial charge >= 0.3 is 0 Å². The fraction of sp³-hybridized carbons (Fsp3) is 0.182. The third-order valence-corrected chi connectivity index (χ3v) is 2.23. The van der Waals surface area contributed by atoms with Gasteiger partial charge in [0, 0.05) is 4.47 Å². The maximum atomic E-state index is 8.35. The number of hydrogen-bond acceptors (Lipinski definition) is 1. The van der Waals surface area contributed by atoms with Crippen LogP contribution in [-0.4, -0.2) is 0 Å². The monoisotopic (exact) mass is 235 g/mol. The first-order valence-corrected chi connectivity index (χ1v) is 4.83. The highest BCUT2D eigenvalue weighted by molar-refractivity contribution is 9.10. The summed E-state index contributed by atoms with van der Waals surface area (Å²) in [6, 6.07) is 8.17. The zero-order chi connectivity index (χ0) is 9.68. The second kappa shape index (κ2) is 4.84. The van der Waals surface area contributed by atoms with Crippen molar-refractivity contribution in [3.63, 3.8) is 0 Å². The minimum atomic E-state index is 0.468. The number of aryl methyl sites for hydroxylation is 1. The van der Waals surface area contributed by atoms with Gasteiger partial charge < -0.3 is 0 Å². The molecule has 1 nitrogen and oxygen atoms in total. The molecule has 13 heavy (non-hydrogen) atoms. The highest BCUT2D eigenvalue weighted by Gasteiger charge is 1.93. The Morgan fingerprint density at radius 3 is 2.92 bits per heavy atom. The summed E-state index contributed by atoms with van der Waals surface area (Å²) in [4.78, 5) is 0. The summed E-state index contributed by atoms with van der Waals surface area (Å²) in [5.74, 6) is 0. The molecule has 1 aromatic rings. The average molecular weight is 236 g/mol. The molecule has 0 spiro atoms. The molecule has 0 heterocycles. The minimum Gasteiger partial charge on any atom is -0.198 e. The molecule has 0 aromatic heterocycles. The van der Waals surface area contributed by atoms with Crippen LogP contribution in [0.3, 0.4) is 0 Å².